The number of nitrogens with zero attached hydrogens (tertiary/aromatic N) is 4. The van der Waals surface area contributed by atoms with Crippen molar-refractivity contribution < 1.29 is 9.47 Å². The number of methoxy groups -OCH3 is 2. The minimum Gasteiger partial charge on any atom is -0.493 e. The molecule has 0 spiro atoms. The Bertz CT molecular complexity index is 826. The van der Waals surface area contributed by atoms with Crippen molar-refractivity contribution in [2.75, 3.05) is 40.9 Å². The number of aromatic nitrogens is 2. The zero-order valence-corrected chi connectivity index (χ0v) is 17.1. The number of benzene rings is 1. The van der Waals surface area contributed by atoms with Crippen LogP contribution in [0, 0.1) is 0 Å². The first-order valence-electron chi connectivity index (χ1n) is 10.1. The van der Waals surface area contributed by atoms with Gasteiger partial charge in [0.2, 0.25) is 0 Å². The Labute approximate surface area is 167 Å². The summed E-state index contributed by atoms with van der Waals surface area (Å²) in [6.07, 6.45) is 5.49. The summed E-state index contributed by atoms with van der Waals surface area (Å²) < 4.78 is 10.8. The quantitative estimate of drug-likeness (QED) is 0.793. The Hall–Kier alpha value is -2.18. The van der Waals surface area contributed by atoms with Crippen LogP contribution in [0.3, 0.4) is 0 Å². The van der Waals surface area contributed by atoms with Crippen molar-refractivity contribution in [3.8, 4) is 11.5 Å². The summed E-state index contributed by atoms with van der Waals surface area (Å²) in [6, 6.07) is 6.15. The van der Waals surface area contributed by atoms with Crippen LogP contribution in [0.2, 0.25) is 0 Å². The SMILES string of the molecule is COc1ccc(CN2CCc3nc([C@@H]4CCCN(C)C4)ncc3C2)cc1OC. The lowest BCUT2D eigenvalue weighted by molar-refractivity contribution is 0.236. The van der Waals surface area contributed by atoms with E-state index in [0.717, 1.165) is 49.9 Å². The standard InChI is InChI=1S/C22H30N4O2/c1-25-9-4-5-17(14-25)22-23-12-18-15-26(10-8-19(18)24-22)13-16-6-7-20(27-2)21(11-16)28-3/h6-7,11-12,17H,4-5,8-10,13-15H2,1-3H3/t17-/m1/s1. The highest BCUT2D eigenvalue weighted by molar-refractivity contribution is 5.43. The summed E-state index contributed by atoms with van der Waals surface area (Å²) in [5, 5.41) is 0. The van der Waals surface area contributed by atoms with Crippen molar-refractivity contribution in [1.29, 1.82) is 0 Å². The number of piperidine rings is 1. The molecular formula is C22H30N4O2. The highest BCUT2D eigenvalue weighted by atomic mass is 16.5. The summed E-state index contributed by atoms with van der Waals surface area (Å²) in [5.74, 6) is 3.07. The molecule has 1 fully saturated rings. The van der Waals surface area contributed by atoms with Crippen LogP contribution >= 0.6 is 0 Å². The first-order chi connectivity index (χ1) is 13.7. The Morgan fingerprint density at radius 3 is 2.79 bits per heavy atom. The summed E-state index contributed by atoms with van der Waals surface area (Å²) in [5.41, 5.74) is 3.73. The number of likely N-dealkylation sites (tertiary alicyclic amines) is 1. The summed E-state index contributed by atoms with van der Waals surface area (Å²) >= 11 is 0. The summed E-state index contributed by atoms with van der Waals surface area (Å²) in [7, 11) is 5.53. The van der Waals surface area contributed by atoms with Crippen molar-refractivity contribution in [2.24, 2.45) is 0 Å². The van der Waals surface area contributed by atoms with Gasteiger partial charge in [-0.05, 0) is 44.1 Å². The zero-order chi connectivity index (χ0) is 19.5. The molecule has 1 saturated heterocycles. The Morgan fingerprint density at radius 1 is 1.14 bits per heavy atom. The van der Waals surface area contributed by atoms with E-state index in [1.807, 2.05) is 6.07 Å². The summed E-state index contributed by atoms with van der Waals surface area (Å²) in [4.78, 5) is 14.5. The third-order valence-electron chi connectivity index (χ3n) is 5.88. The third-order valence-corrected chi connectivity index (χ3v) is 5.88. The Balaban J connectivity index is 1.44. The highest BCUT2D eigenvalue weighted by Crippen LogP contribution is 2.29. The normalized spacial score (nSPS) is 20.6. The van der Waals surface area contributed by atoms with Gasteiger partial charge in [0.25, 0.3) is 0 Å². The number of rotatable bonds is 5. The van der Waals surface area contributed by atoms with E-state index in [4.69, 9.17) is 19.4 Å². The fourth-order valence-electron chi connectivity index (χ4n) is 4.34. The number of ether oxygens (including phenoxy) is 2. The average Bonchev–Trinajstić information content (AvgIpc) is 2.73. The van der Waals surface area contributed by atoms with Crippen LogP contribution in [-0.2, 0) is 19.5 Å². The van der Waals surface area contributed by atoms with Crippen LogP contribution in [0.25, 0.3) is 0 Å². The predicted octanol–water partition coefficient (Wildman–Crippen LogP) is 2.86. The van der Waals surface area contributed by atoms with Crippen LogP contribution in [0.4, 0.5) is 0 Å². The van der Waals surface area contributed by atoms with E-state index >= 15 is 0 Å². The molecule has 28 heavy (non-hydrogen) atoms. The van der Waals surface area contributed by atoms with Gasteiger partial charge in [-0.15, -0.1) is 0 Å². The minimum absolute atomic E-state index is 0.480. The molecule has 2 aromatic rings. The lowest BCUT2D eigenvalue weighted by atomic mass is 9.97. The molecule has 0 unspecified atom stereocenters. The van der Waals surface area contributed by atoms with Gasteiger partial charge in [0.1, 0.15) is 5.82 Å². The van der Waals surface area contributed by atoms with Crippen molar-refractivity contribution >= 4 is 0 Å². The summed E-state index contributed by atoms with van der Waals surface area (Å²) in [6.45, 7) is 5.06. The third kappa shape index (κ3) is 4.13. The molecule has 1 atom stereocenters. The average molecular weight is 383 g/mol. The topological polar surface area (TPSA) is 50.7 Å². The largest absolute Gasteiger partial charge is 0.493 e. The van der Waals surface area contributed by atoms with E-state index in [1.165, 1.54) is 36.2 Å². The molecule has 3 heterocycles. The molecule has 2 aliphatic rings. The molecule has 2 aliphatic heterocycles. The van der Waals surface area contributed by atoms with Gasteiger partial charge in [0.05, 0.1) is 14.2 Å². The van der Waals surface area contributed by atoms with Gasteiger partial charge < -0.3 is 14.4 Å². The van der Waals surface area contributed by atoms with Gasteiger partial charge in [0.15, 0.2) is 11.5 Å². The van der Waals surface area contributed by atoms with E-state index in [0.29, 0.717) is 5.92 Å². The fourth-order valence-corrected chi connectivity index (χ4v) is 4.34. The van der Waals surface area contributed by atoms with Crippen molar-refractivity contribution in [3.05, 3.63) is 47.0 Å². The van der Waals surface area contributed by atoms with Gasteiger partial charge in [-0.2, -0.15) is 0 Å². The number of hydrogen-bond acceptors (Lipinski definition) is 6. The van der Waals surface area contributed by atoms with Crippen molar-refractivity contribution in [1.82, 2.24) is 19.8 Å². The molecule has 1 aromatic carbocycles. The first kappa shape index (κ1) is 19.2. The second kappa shape index (κ2) is 8.45. The van der Waals surface area contributed by atoms with Crippen LogP contribution in [0.1, 0.15) is 41.4 Å². The molecule has 0 N–H and O–H groups in total. The van der Waals surface area contributed by atoms with E-state index in [1.54, 1.807) is 14.2 Å². The van der Waals surface area contributed by atoms with Crippen molar-refractivity contribution in [2.45, 2.75) is 38.3 Å². The second-order valence-corrected chi connectivity index (χ2v) is 7.95. The molecule has 6 nitrogen and oxygen atoms in total. The highest BCUT2D eigenvalue weighted by Gasteiger charge is 2.24. The maximum atomic E-state index is 5.43. The molecule has 0 aliphatic carbocycles. The lowest BCUT2D eigenvalue weighted by Gasteiger charge is -2.31. The molecule has 0 amide bonds. The Morgan fingerprint density at radius 2 is 2.00 bits per heavy atom. The number of fused-ring (bicyclic) bond motifs is 1. The predicted molar refractivity (Wildman–Crippen MR) is 109 cm³/mol. The van der Waals surface area contributed by atoms with Gasteiger partial charge in [-0.3, -0.25) is 4.90 Å². The molecule has 0 bridgehead atoms. The molecule has 0 radical (unpaired) electrons. The molecule has 150 valence electrons. The first-order valence-corrected chi connectivity index (χ1v) is 10.1. The lowest BCUT2D eigenvalue weighted by Crippen LogP contribution is -2.33. The molecular weight excluding hydrogens is 352 g/mol. The van der Waals surface area contributed by atoms with Gasteiger partial charge >= 0.3 is 0 Å². The smallest absolute Gasteiger partial charge is 0.161 e. The monoisotopic (exact) mass is 382 g/mol. The maximum absolute atomic E-state index is 5.43. The second-order valence-electron chi connectivity index (χ2n) is 7.95. The van der Waals surface area contributed by atoms with E-state index in [9.17, 15) is 0 Å². The van der Waals surface area contributed by atoms with Crippen LogP contribution in [0.15, 0.2) is 24.4 Å². The van der Waals surface area contributed by atoms with E-state index < -0.39 is 0 Å². The molecule has 6 heteroatoms. The zero-order valence-electron chi connectivity index (χ0n) is 17.1. The Kier molecular flexibility index (Phi) is 5.78. The number of likely N-dealkylation sites (N-methyl/N-ethyl adjacent to an activating group) is 1. The molecule has 1 aromatic heterocycles. The van der Waals surface area contributed by atoms with Gasteiger partial charge in [0, 0.05) is 56.0 Å². The minimum atomic E-state index is 0.480. The van der Waals surface area contributed by atoms with Crippen LogP contribution in [-0.4, -0.2) is 60.7 Å². The van der Waals surface area contributed by atoms with Gasteiger partial charge in [-0.1, -0.05) is 6.07 Å². The number of hydrogen-bond donors (Lipinski definition) is 0. The van der Waals surface area contributed by atoms with Crippen molar-refractivity contribution in [3.63, 3.8) is 0 Å². The van der Waals surface area contributed by atoms with Crippen LogP contribution < -0.4 is 9.47 Å². The van der Waals surface area contributed by atoms with E-state index in [-0.39, 0.29) is 0 Å². The van der Waals surface area contributed by atoms with Crippen LogP contribution in [0.5, 0.6) is 11.5 Å². The fraction of sp³-hybridized carbons (Fsp3) is 0.545. The molecule has 4 rings (SSSR count). The maximum Gasteiger partial charge on any atom is 0.161 e. The van der Waals surface area contributed by atoms with Gasteiger partial charge in [-0.25, -0.2) is 9.97 Å². The molecule has 0 saturated carbocycles. The van der Waals surface area contributed by atoms with E-state index in [2.05, 4.69) is 35.2 Å².